The summed E-state index contributed by atoms with van der Waals surface area (Å²) in [6.45, 7) is 0. The fraction of sp³-hybridized carbons (Fsp3) is 0. The minimum absolute atomic E-state index is 0.531. The van der Waals surface area contributed by atoms with Gasteiger partial charge in [0.25, 0.3) is 20.4 Å². The Balaban J connectivity index is 2.87. The monoisotopic (exact) mass is 143 g/mol. The van der Waals surface area contributed by atoms with E-state index in [0.717, 1.165) is 12.2 Å². The summed E-state index contributed by atoms with van der Waals surface area (Å²) in [6.07, 6.45) is 2.15. The molecule has 9 heavy (non-hydrogen) atoms. The number of hydrogen-bond acceptors (Lipinski definition) is 3. The van der Waals surface area contributed by atoms with Crippen LogP contribution < -0.4 is 0 Å². The van der Waals surface area contributed by atoms with Gasteiger partial charge in [0.1, 0.15) is 0 Å². The van der Waals surface area contributed by atoms with Crippen LogP contribution in [0.5, 0.6) is 0 Å². The van der Waals surface area contributed by atoms with Crippen molar-refractivity contribution < 1.29 is 14.2 Å². The van der Waals surface area contributed by atoms with Crippen molar-refractivity contribution >= 4 is 20.4 Å². The summed E-state index contributed by atoms with van der Waals surface area (Å²) in [4.78, 5) is 20.9. The van der Waals surface area contributed by atoms with Crippen LogP contribution in [-0.4, -0.2) is 16.5 Å². The Morgan fingerprint density at radius 2 is 1.67 bits per heavy atom. The van der Waals surface area contributed by atoms with E-state index in [9.17, 15) is 14.2 Å². The van der Waals surface area contributed by atoms with Crippen molar-refractivity contribution in [2.45, 2.75) is 0 Å². The molecule has 0 saturated heterocycles. The molecular formula is C4H2NO3P. The summed E-state index contributed by atoms with van der Waals surface area (Å²) < 4.78 is 10.6. The van der Waals surface area contributed by atoms with E-state index in [-0.39, 0.29) is 0 Å². The van der Waals surface area contributed by atoms with Gasteiger partial charge < -0.3 is 0 Å². The van der Waals surface area contributed by atoms with Crippen LogP contribution >= 0.6 is 8.61 Å². The fourth-order valence-electron chi connectivity index (χ4n) is 0.473. The fourth-order valence-corrected chi connectivity index (χ4v) is 0.767. The molecule has 0 atom stereocenters. The molecule has 0 unspecified atom stereocenters. The summed E-state index contributed by atoms with van der Waals surface area (Å²) in [5.41, 5.74) is 0. The van der Waals surface area contributed by atoms with Gasteiger partial charge in [-0.1, -0.05) is 0 Å². The minimum Gasteiger partial charge on any atom is -0.268 e. The molecule has 0 aromatic rings. The van der Waals surface area contributed by atoms with E-state index < -0.39 is 20.4 Å². The quantitative estimate of drug-likeness (QED) is 0.387. The highest BCUT2D eigenvalue weighted by atomic mass is 31.1. The summed E-state index contributed by atoms with van der Waals surface area (Å²) in [7, 11) is -0.568. The van der Waals surface area contributed by atoms with Gasteiger partial charge in [0.15, 0.2) is 0 Å². The summed E-state index contributed by atoms with van der Waals surface area (Å²) in [5.74, 6) is -1.06. The lowest BCUT2D eigenvalue weighted by Gasteiger charge is -1.97. The number of carbonyl (C=O) groups is 2. The molecular weight excluding hydrogens is 141 g/mol. The van der Waals surface area contributed by atoms with Crippen molar-refractivity contribution in [3.63, 3.8) is 0 Å². The lowest BCUT2D eigenvalue weighted by Crippen LogP contribution is -2.18. The predicted octanol–water partition coefficient (Wildman–Crippen LogP) is 0.118. The number of amides is 2. The Morgan fingerprint density at radius 1 is 1.22 bits per heavy atom. The smallest absolute Gasteiger partial charge is 0.268 e. The zero-order valence-corrected chi connectivity index (χ0v) is 5.17. The molecule has 1 aliphatic rings. The Hall–Kier alpha value is -1.02. The van der Waals surface area contributed by atoms with Crippen LogP contribution in [0.4, 0.5) is 0 Å². The maximum absolute atomic E-state index is 10.4. The van der Waals surface area contributed by atoms with Crippen molar-refractivity contribution in [1.82, 2.24) is 4.67 Å². The van der Waals surface area contributed by atoms with Crippen LogP contribution in [0.1, 0.15) is 0 Å². The van der Waals surface area contributed by atoms with E-state index in [2.05, 4.69) is 0 Å². The number of rotatable bonds is 1. The molecule has 0 fully saturated rings. The molecule has 0 bridgehead atoms. The van der Waals surface area contributed by atoms with E-state index in [1.807, 2.05) is 0 Å². The standard InChI is InChI=1S/C4H2NO3P/c6-3-1-2-4(7)5(3)9-8/h1-2H. The van der Waals surface area contributed by atoms with E-state index in [0.29, 0.717) is 4.67 Å². The van der Waals surface area contributed by atoms with Crippen LogP contribution in [-0.2, 0) is 14.2 Å². The Labute approximate surface area is 52.4 Å². The van der Waals surface area contributed by atoms with E-state index in [1.165, 1.54) is 0 Å². The maximum Gasteiger partial charge on any atom is 0.292 e. The molecule has 2 amide bonds. The van der Waals surface area contributed by atoms with Gasteiger partial charge in [-0.15, -0.1) is 0 Å². The van der Waals surface area contributed by atoms with Crippen molar-refractivity contribution in [3.8, 4) is 0 Å². The second-order valence-electron chi connectivity index (χ2n) is 1.40. The first-order valence-corrected chi connectivity index (χ1v) is 2.91. The third kappa shape index (κ3) is 0.886. The van der Waals surface area contributed by atoms with Gasteiger partial charge in [0.2, 0.25) is 0 Å². The molecule has 0 aliphatic carbocycles. The number of carbonyl (C=O) groups excluding carboxylic acids is 2. The van der Waals surface area contributed by atoms with Crippen LogP contribution in [0.3, 0.4) is 0 Å². The van der Waals surface area contributed by atoms with Crippen LogP contribution in [0.15, 0.2) is 12.2 Å². The van der Waals surface area contributed by atoms with Crippen LogP contribution in [0, 0.1) is 0 Å². The van der Waals surface area contributed by atoms with E-state index in [1.54, 1.807) is 0 Å². The van der Waals surface area contributed by atoms with Gasteiger partial charge in [-0.3, -0.25) is 9.59 Å². The molecule has 0 aromatic carbocycles. The molecule has 0 N–H and O–H groups in total. The molecule has 46 valence electrons. The second-order valence-corrected chi connectivity index (χ2v) is 1.97. The second kappa shape index (κ2) is 2.07. The largest absolute Gasteiger partial charge is 0.292 e. The lowest BCUT2D eigenvalue weighted by molar-refractivity contribution is -0.130. The summed E-state index contributed by atoms with van der Waals surface area (Å²) in [6, 6.07) is 0. The van der Waals surface area contributed by atoms with E-state index >= 15 is 0 Å². The molecule has 1 rings (SSSR count). The highest BCUT2D eigenvalue weighted by Crippen LogP contribution is 2.12. The number of hydrogen-bond donors (Lipinski definition) is 0. The van der Waals surface area contributed by atoms with Gasteiger partial charge in [0, 0.05) is 12.2 Å². The first-order valence-electron chi connectivity index (χ1n) is 2.15. The highest BCUT2D eigenvalue weighted by molar-refractivity contribution is 7.23. The van der Waals surface area contributed by atoms with Crippen LogP contribution in [0.25, 0.3) is 0 Å². The molecule has 0 aromatic heterocycles. The average molecular weight is 143 g/mol. The van der Waals surface area contributed by atoms with Crippen molar-refractivity contribution in [2.24, 2.45) is 0 Å². The SMILES string of the molecule is O=PN1C(=O)C=CC1=O. The molecule has 1 aliphatic heterocycles. The third-order valence-corrected chi connectivity index (χ3v) is 1.43. The van der Waals surface area contributed by atoms with Gasteiger partial charge in [0.05, 0.1) is 0 Å². The topological polar surface area (TPSA) is 54.5 Å². The number of imide groups is 1. The Bertz CT molecular complexity index is 192. The lowest BCUT2D eigenvalue weighted by atomic mass is 10.6. The van der Waals surface area contributed by atoms with Crippen molar-refractivity contribution in [1.29, 1.82) is 0 Å². The normalized spacial score (nSPS) is 18.0. The molecule has 0 saturated carbocycles. The molecule has 1 heterocycles. The molecule has 0 radical (unpaired) electrons. The predicted molar refractivity (Wildman–Crippen MR) is 28.6 cm³/mol. The molecule has 5 heteroatoms. The zero-order valence-electron chi connectivity index (χ0n) is 4.27. The number of nitrogens with zero attached hydrogens (tertiary/aromatic N) is 1. The highest BCUT2D eigenvalue weighted by Gasteiger charge is 2.22. The average Bonchev–Trinajstić information content (AvgIpc) is 2.12. The summed E-state index contributed by atoms with van der Waals surface area (Å²) in [5, 5.41) is 0. The third-order valence-electron chi connectivity index (χ3n) is 0.868. The maximum atomic E-state index is 10.4. The molecule has 4 nitrogen and oxygen atoms in total. The Morgan fingerprint density at radius 3 is 1.89 bits per heavy atom. The van der Waals surface area contributed by atoms with Gasteiger partial charge in [-0.25, -0.2) is 4.57 Å². The Kier molecular flexibility index (Phi) is 1.40. The van der Waals surface area contributed by atoms with Crippen molar-refractivity contribution in [3.05, 3.63) is 12.2 Å². The molecule has 0 spiro atoms. The van der Waals surface area contributed by atoms with Crippen LogP contribution in [0.2, 0.25) is 0 Å². The van der Waals surface area contributed by atoms with Crippen molar-refractivity contribution in [2.75, 3.05) is 0 Å². The first-order chi connectivity index (χ1) is 4.25. The minimum atomic E-state index is -0.568. The van der Waals surface area contributed by atoms with Gasteiger partial charge in [-0.2, -0.15) is 4.67 Å². The van der Waals surface area contributed by atoms with Gasteiger partial charge >= 0.3 is 0 Å². The summed E-state index contributed by atoms with van der Waals surface area (Å²) >= 11 is 0. The van der Waals surface area contributed by atoms with E-state index in [4.69, 9.17) is 0 Å². The first kappa shape index (κ1) is 6.11. The zero-order chi connectivity index (χ0) is 6.85. The van der Waals surface area contributed by atoms with Gasteiger partial charge in [-0.05, 0) is 0 Å².